The van der Waals surface area contributed by atoms with Crippen LogP contribution in [0.25, 0.3) is 0 Å². The minimum absolute atomic E-state index is 0.0269. The van der Waals surface area contributed by atoms with Crippen molar-refractivity contribution in [3.05, 3.63) is 29.3 Å². The molecule has 0 bridgehead atoms. The van der Waals surface area contributed by atoms with Crippen LogP contribution in [0.5, 0.6) is 0 Å². The average Bonchev–Trinajstić information content (AvgIpc) is 2.49. The van der Waals surface area contributed by atoms with Gasteiger partial charge in [-0.2, -0.15) is 0 Å². The highest BCUT2D eigenvalue weighted by atomic mass is 16.2. The largest absolute Gasteiger partial charge is 0.355 e. The number of hydrogen-bond acceptors (Lipinski definition) is 3. The summed E-state index contributed by atoms with van der Waals surface area (Å²) in [5.41, 5.74) is 2.11. The molecule has 0 spiro atoms. The molecular formula is C16H23N3O2. The van der Waals surface area contributed by atoms with E-state index in [2.05, 4.69) is 16.0 Å². The minimum Gasteiger partial charge on any atom is -0.355 e. The molecule has 1 saturated heterocycles. The number of rotatable bonds is 4. The third kappa shape index (κ3) is 4.04. The van der Waals surface area contributed by atoms with Crippen molar-refractivity contribution in [2.24, 2.45) is 5.92 Å². The van der Waals surface area contributed by atoms with Gasteiger partial charge in [-0.25, -0.2) is 0 Å². The summed E-state index contributed by atoms with van der Waals surface area (Å²) >= 11 is 0. The predicted molar refractivity (Wildman–Crippen MR) is 83.4 cm³/mol. The normalized spacial score (nSPS) is 15.5. The van der Waals surface area contributed by atoms with Crippen LogP contribution in [0.1, 0.15) is 35.2 Å². The molecule has 0 aliphatic carbocycles. The molecule has 1 aliphatic rings. The number of hydrogen-bond donors (Lipinski definition) is 3. The summed E-state index contributed by atoms with van der Waals surface area (Å²) < 4.78 is 0. The van der Waals surface area contributed by atoms with E-state index in [4.69, 9.17) is 0 Å². The molecule has 0 saturated carbocycles. The summed E-state index contributed by atoms with van der Waals surface area (Å²) in [6.45, 7) is 3.83. The van der Waals surface area contributed by atoms with Gasteiger partial charge in [0.2, 0.25) is 5.91 Å². The van der Waals surface area contributed by atoms with Crippen LogP contribution in [0.2, 0.25) is 0 Å². The average molecular weight is 289 g/mol. The Morgan fingerprint density at radius 2 is 2.00 bits per heavy atom. The van der Waals surface area contributed by atoms with Gasteiger partial charge < -0.3 is 16.0 Å². The van der Waals surface area contributed by atoms with Crippen molar-refractivity contribution in [3.8, 4) is 0 Å². The van der Waals surface area contributed by atoms with Crippen LogP contribution >= 0.6 is 0 Å². The van der Waals surface area contributed by atoms with Crippen molar-refractivity contribution in [2.45, 2.75) is 26.2 Å². The van der Waals surface area contributed by atoms with Crippen LogP contribution in [-0.4, -0.2) is 32.0 Å². The molecular weight excluding hydrogens is 266 g/mol. The molecule has 1 aromatic rings. The number of anilines is 1. The lowest BCUT2D eigenvalue weighted by atomic mass is 9.94. The van der Waals surface area contributed by atoms with Crippen LogP contribution in [0.15, 0.2) is 18.2 Å². The number of carbonyl (C=O) groups excluding carboxylic acids is 2. The first kappa shape index (κ1) is 15.5. The first-order chi connectivity index (χ1) is 10.1. The molecule has 5 nitrogen and oxygen atoms in total. The van der Waals surface area contributed by atoms with Gasteiger partial charge in [-0.3, -0.25) is 9.59 Å². The Hall–Kier alpha value is -1.88. The maximum atomic E-state index is 12.2. The number of benzene rings is 1. The molecule has 0 atom stereocenters. The Morgan fingerprint density at radius 1 is 1.29 bits per heavy atom. The zero-order chi connectivity index (χ0) is 15.2. The van der Waals surface area contributed by atoms with Crippen LogP contribution in [0.3, 0.4) is 0 Å². The highest BCUT2D eigenvalue weighted by Crippen LogP contribution is 2.21. The van der Waals surface area contributed by atoms with Gasteiger partial charge in [0.05, 0.1) is 0 Å². The van der Waals surface area contributed by atoms with Gasteiger partial charge >= 0.3 is 0 Å². The number of piperidine rings is 1. The molecule has 0 unspecified atom stereocenters. The molecule has 1 aromatic carbocycles. The minimum atomic E-state index is -0.137. The van der Waals surface area contributed by atoms with Gasteiger partial charge in [-0.1, -0.05) is 6.07 Å². The smallest absolute Gasteiger partial charge is 0.251 e. The summed E-state index contributed by atoms with van der Waals surface area (Å²) in [4.78, 5) is 23.9. The fourth-order valence-corrected chi connectivity index (χ4v) is 2.70. The molecule has 114 valence electrons. The Labute approximate surface area is 125 Å². The van der Waals surface area contributed by atoms with Crippen molar-refractivity contribution in [1.82, 2.24) is 10.6 Å². The van der Waals surface area contributed by atoms with E-state index in [1.165, 1.54) is 0 Å². The third-order valence-electron chi connectivity index (χ3n) is 4.01. The highest BCUT2D eigenvalue weighted by molar-refractivity contribution is 5.99. The number of nitrogens with one attached hydrogen (secondary N) is 3. The molecule has 1 heterocycles. The van der Waals surface area contributed by atoms with Crippen LogP contribution in [0, 0.1) is 12.8 Å². The molecule has 1 fully saturated rings. The number of amides is 2. The van der Waals surface area contributed by atoms with E-state index in [-0.39, 0.29) is 11.8 Å². The predicted octanol–water partition coefficient (Wildman–Crippen LogP) is 1.68. The molecule has 1 aliphatic heterocycles. The topological polar surface area (TPSA) is 70.2 Å². The first-order valence-corrected chi connectivity index (χ1v) is 7.44. The Morgan fingerprint density at radius 3 is 2.67 bits per heavy atom. The van der Waals surface area contributed by atoms with Crippen LogP contribution < -0.4 is 16.0 Å². The van der Waals surface area contributed by atoms with Gasteiger partial charge in [-0.15, -0.1) is 0 Å². The quantitative estimate of drug-likeness (QED) is 0.790. The van der Waals surface area contributed by atoms with Crippen molar-refractivity contribution >= 4 is 17.5 Å². The molecule has 2 amide bonds. The van der Waals surface area contributed by atoms with Gasteiger partial charge in [0.25, 0.3) is 5.91 Å². The maximum absolute atomic E-state index is 12.2. The van der Waals surface area contributed by atoms with E-state index >= 15 is 0 Å². The standard InChI is InChI=1S/C16H23N3O2/c1-11-13(16(21)17-2)4-3-5-14(11)19-15(20)10-12-6-8-18-9-7-12/h3-5,12,18H,6-10H2,1-2H3,(H,17,21)(H,19,20). The summed E-state index contributed by atoms with van der Waals surface area (Å²) in [7, 11) is 1.60. The second kappa shape index (κ2) is 7.22. The SMILES string of the molecule is CNC(=O)c1cccc(NC(=O)CC2CCNCC2)c1C. The van der Waals surface area contributed by atoms with Crippen molar-refractivity contribution in [2.75, 3.05) is 25.5 Å². The number of carbonyl (C=O) groups is 2. The van der Waals surface area contributed by atoms with Gasteiger partial charge in [0, 0.05) is 24.7 Å². The van der Waals surface area contributed by atoms with E-state index in [0.717, 1.165) is 37.2 Å². The van der Waals surface area contributed by atoms with Crippen LogP contribution in [0.4, 0.5) is 5.69 Å². The summed E-state index contributed by atoms with van der Waals surface area (Å²) in [6, 6.07) is 5.39. The highest BCUT2D eigenvalue weighted by Gasteiger charge is 2.18. The lowest BCUT2D eigenvalue weighted by Gasteiger charge is -2.22. The molecule has 3 N–H and O–H groups in total. The van der Waals surface area contributed by atoms with Gasteiger partial charge in [0.15, 0.2) is 0 Å². The molecule has 2 rings (SSSR count). The fraction of sp³-hybridized carbons (Fsp3) is 0.500. The van der Waals surface area contributed by atoms with Crippen LogP contribution in [-0.2, 0) is 4.79 Å². The molecule has 21 heavy (non-hydrogen) atoms. The second-order valence-electron chi connectivity index (χ2n) is 5.50. The fourth-order valence-electron chi connectivity index (χ4n) is 2.70. The van der Waals surface area contributed by atoms with Crippen molar-refractivity contribution in [3.63, 3.8) is 0 Å². The van der Waals surface area contributed by atoms with Crippen molar-refractivity contribution < 1.29 is 9.59 Å². The summed E-state index contributed by atoms with van der Waals surface area (Å²) in [5.74, 6) is 0.342. The third-order valence-corrected chi connectivity index (χ3v) is 4.01. The van der Waals surface area contributed by atoms with Crippen molar-refractivity contribution in [1.29, 1.82) is 0 Å². The summed E-state index contributed by atoms with van der Waals surface area (Å²) in [5, 5.41) is 8.84. The lowest BCUT2D eigenvalue weighted by molar-refractivity contribution is -0.117. The molecule has 0 aromatic heterocycles. The van der Waals surface area contributed by atoms with E-state index in [1.807, 2.05) is 13.0 Å². The molecule has 5 heteroatoms. The zero-order valence-electron chi connectivity index (χ0n) is 12.7. The lowest BCUT2D eigenvalue weighted by Crippen LogP contribution is -2.30. The monoisotopic (exact) mass is 289 g/mol. The zero-order valence-corrected chi connectivity index (χ0v) is 12.7. The second-order valence-corrected chi connectivity index (χ2v) is 5.50. The maximum Gasteiger partial charge on any atom is 0.251 e. The van der Waals surface area contributed by atoms with E-state index in [9.17, 15) is 9.59 Å². The Kier molecular flexibility index (Phi) is 5.33. The first-order valence-electron chi connectivity index (χ1n) is 7.44. The van der Waals surface area contributed by atoms with Gasteiger partial charge in [-0.05, 0) is 56.5 Å². The molecule has 0 radical (unpaired) electrons. The van der Waals surface area contributed by atoms with E-state index in [0.29, 0.717) is 17.9 Å². The Bertz CT molecular complexity index is 522. The van der Waals surface area contributed by atoms with E-state index in [1.54, 1.807) is 19.2 Å². The Balaban J connectivity index is 2.01. The van der Waals surface area contributed by atoms with E-state index < -0.39 is 0 Å². The summed E-state index contributed by atoms with van der Waals surface area (Å²) in [6.07, 6.45) is 2.64. The van der Waals surface area contributed by atoms with Gasteiger partial charge in [0.1, 0.15) is 0 Å².